The van der Waals surface area contributed by atoms with Gasteiger partial charge in [0.15, 0.2) is 17.3 Å². The van der Waals surface area contributed by atoms with Crippen molar-refractivity contribution in [2.24, 2.45) is 17.8 Å². The maximum absolute atomic E-state index is 13.4. The van der Waals surface area contributed by atoms with Crippen LogP contribution in [0.2, 0.25) is 0 Å². The molecule has 0 spiro atoms. The minimum atomic E-state index is 0.212. The zero-order valence-electron chi connectivity index (χ0n) is 22.0. The summed E-state index contributed by atoms with van der Waals surface area (Å²) in [4.78, 5) is 15.7. The van der Waals surface area contributed by atoms with Gasteiger partial charge in [0.2, 0.25) is 0 Å². The molecule has 1 fully saturated rings. The number of Topliss-reactive ketones (excluding diaryl/α,β-unsaturated/α-hetero) is 1. The van der Waals surface area contributed by atoms with E-state index in [0.717, 1.165) is 34.0 Å². The molecule has 1 N–H and O–H groups in total. The molecule has 2 aromatic rings. The lowest BCUT2D eigenvalue weighted by atomic mass is 9.89. The second-order valence-electron chi connectivity index (χ2n) is 10.5. The van der Waals surface area contributed by atoms with Crippen LogP contribution in [-0.2, 0) is 6.54 Å². The predicted octanol–water partition coefficient (Wildman–Crippen LogP) is 7.50. The first kappa shape index (κ1) is 26.0. The van der Waals surface area contributed by atoms with Crippen molar-refractivity contribution in [2.75, 3.05) is 14.2 Å². The Balaban J connectivity index is 1.63. The Morgan fingerprint density at radius 1 is 1.06 bits per heavy atom. The average molecular weight is 496 g/mol. The van der Waals surface area contributed by atoms with Gasteiger partial charge in [0.1, 0.15) is 0 Å². The van der Waals surface area contributed by atoms with E-state index >= 15 is 0 Å². The summed E-state index contributed by atoms with van der Waals surface area (Å²) in [6, 6.07) is 8.80. The molecule has 4 rings (SSSR count). The molecule has 190 valence electrons. The maximum Gasteiger partial charge on any atom is 0.164 e. The fraction of sp³-hybridized carbons (Fsp3) is 0.567. The summed E-state index contributed by atoms with van der Waals surface area (Å²) >= 11 is 1.77. The van der Waals surface area contributed by atoms with E-state index in [0.29, 0.717) is 29.9 Å². The molecule has 1 aromatic heterocycles. The van der Waals surface area contributed by atoms with Crippen LogP contribution in [0.25, 0.3) is 5.57 Å². The molecule has 0 aliphatic heterocycles. The molecule has 1 aromatic carbocycles. The van der Waals surface area contributed by atoms with Gasteiger partial charge >= 0.3 is 0 Å². The molecule has 0 saturated heterocycles. The summed E-state index contributed by atoms with van der Waals surface area (Å²) in [5.74, 6) is 3.18. The maximum atomic E-state index is 13.4. The van der Waals surface area contributed by atoms with Crippen LogP contribution in [0.5, 0.6) is 11.5 Å². The standard InChI is InChI=1S/C30H41NO3S/c1-6-20-8-7-9-23(12-10-20)31-18-24-17-26-27(32)15-22(19(2)3)14-25(30(26)35-24)21-11-13-28(33-4)29(16-21)34-5/h11,13-14,16-17,19-20,22-23,31H,6-10,12,15,18H2,1-5H3. The van der Waals surface area contributed by atoms with Crippen molar-refractivity contribution in [3.63, 3.8) is 0 Å². The van der Waals surface area contributed by atoms with E-state index in [2.05, 4.69) is 44.3 Å². The molecule has 3 unspecified atom stereocenters. The van der Waals surface area contributed by atoms with Crippen LogP contribution in [0.4, 0.5) is 0 Å². The van der Waals surface area contributed by atoms with E-state index in [1.165, 1.54) is 43.4 Å². The van der Waals surface area contributed by atoms with Crippen LogP contribution in [-0.4, -0.2) is 26.0 Å². The minimum absolute atomic E-state index is 0.212. The Kier molecular flexibility index (Phi) is 8.72. The van der Waals surface area contributed by atoms with Crippen LogP contribution in [0.15, 0.2) is 30.3 Å². The number of hydrogen-bond acceptors (Lipinski definition) is 5. The van der Waals surface area contributed by atoms with Crippen molar-refractivity contribution < 1.29 is 14.3 Å². The van der Waals surface area contributed by atoms with Gasteiger partial charge in [0, 0.05) is 34.3 Å². The van der Waals surface area contributed by atoms with Gasteiger partial charge in [0.05, 0.1) is 14.2 Å². The van der Waals surface area contributed by atoms with Gasteiger partial charge < -0.3 is 14.8 Å². The third-order valence-electron chi connectivity index (χ3n) is 7.91. The highest BCUT2D eigenvalue weighted by Crippen LogP contribution is 2.42. The smallest absolute Gasteiger partial charge is 0.164 e. The zero-order valence-corrected chi connectivity index (χ0v) is 22.8. The van der Waals surface area contributed by atoms with Gasteiger partial charge in [-0.25, -0.2) is 0 Å². The number of rotatable bonds is 8. The van der Waals surface area contributed by atoms with Crippen LogP contribution in [0.1, 0.15) is 91.4 Å². The summed E-state index contributed by atoms with van der Waals surface area (Å²) in [5, 5.41) is 3.82. The van der Waals surface area contributed by atoms with Crippen molar-refractivity contribution in [1.82, 2.24) is 5.32 Å². The van der Waals surface area contributed by atoms with Gasteiger partial charge in [-0.1, -0.05) is 52.2 Å². The molecule has 1 heterocycles. The number of ether oxygens (including phenoxy) is 2. The molecule has 0 bridgehead atoms. The highest BCUT2D eigenvalue weighted by molar-refractivity contribution is 7.13. The third-order valence-corrected chi connectivity index (χ3v) is 9.08. The number of allylic oxidation sites excluding steroid dienone is 1. The van der Waals surface area contributed by atoms with Crippen LogP contribution in [0, 0.1) is 17.8 Å². The highest BCUT2D eigenvalue weighted by Gasteiger charge is 2.28. The van der Waals surface area contributed by atoms with Crippen molar-refractivity contribution in [3.8, 4) is 11.5 Å². The molecule has 1 saturated carbocycles. The van der Waals surface area contributed by atoms with Gasteiger partial charge in [-0.05, 0) is 66.4 Å². The number of hydrogen-bond donors (Lipinski definition) is 1. The van der Waals surface area contributed by atoms with Crippen molar-refractivity contribution in [1.29, 1.82) is 0 Å². The van der Waals surface area contributed by atoms with Gasteiger partial charge in [-0.15, -0.1) is 11.3 Å². The third kappa shape index (κ3) is 6.00. The van der Waals surface area contributed by atoms with Crippen LogP contribution >= 0.6 is 11.3 Å². The number of nitrogens with one attached hydrogen (secondary N) is 1. The lowest BCUT2D eigenvalue weighted by molar-refractivity contribution is 0.0962. The second kappa shape index (κ2) is 11.7. The summed E-state index contributed by atoms with van der Waals surface area (Å²) < 4.78 is 11.1. The number of carbonyl (C=O) groups is 1. The Labute approximate surface area is 215 Å². The van der Waals surface area contributed by atoms with Gasteiger partial charge in [-0.2, -0.15) is 0 Å². The Morgan fingerprint density at radius 2 is 1.86 bits per heavy atom. The number of ketones is 1. The molecular formula is C30H41NO3S. The predicted molar refractivity (Wildman–Crippen MR) is 146 cm³/mol. The fourth-order valence-electron chi connectivity index (χ4n) is 5.50. The second-order valence-corrected chi connectivity index (χ2v) is 11.6. The van der Waals surface area contributed by atoms with Gasteiger partial charge in [-0.3, -0.25) is 4.79 Å². The lowest BCUT2D eigenvalue weighted by Crippen LogP contribution is -2.27. The first-order valence-corrected chi connectivity index (χ1v) is 14.1. The highest BCUT2D eigenvalue weighted by atomic mass is 32.1. The molecule has 5 heteroatoms. The fourth-order valence-corrected chi connectivity index (χ4v) is 6.68. The quantitative estimate of drug-likeness (QED) is 0.385. The first-order valence-electron chi connectivity index (χ1n) is 13.3. The summed E-state index contributed by atoms with van der Waals surface area (Å²) in [6.45, 7) is 7.55. The van der Waals surface area contributed by atoms with E-state index in [9.17, 15) is 4.79 Å². The Bertz CT molecular complexity index is 1050. The largest absolute Gasteiger partial charge is 0.493 e. The van der Waals surface area contributed by atoms with Crippen molar-refractivity contribution >= 4 is 22.7 Å². The van der Waals surface area contributed by atoms with E-state index in [-0.39, 0.29) is 11.7 Å². The summed E-state index contributed by atoms with van der Waals surface area (Å²) in [7, 11) is 3.32. The molecule has 3 atom stereocenters. The molecular weight excluding hydrogens is 454 g/mol. The van der Waals surface area contributed by atoms with Crippen LogP contribution in [0.3, 0.4) is 0 Å². The topological polar surface area (TPSA) is 47.6 Å². The number of fused-ring (bicyclic) bond motifs is 1. The lowest BCUT2D eigenvalue weighted by Gasteiger charge is -2.17. The molecule has 0 radical (unpaired) electrons. The van der Waals surface area contributed by atoms with Crippen molar-refractivity contribution in [3.05, 3.63) is 51.2 Å². The summed E-state index contributed by atoms with van der Waals surface area (Å²) in [6.07, 6.45) is 10.7. The Hall–Kier alpha value is -2.11. The summed E-state index contributed by atoms with van der Waals surface area (Å²) in [5.41, 5.74) is 3.09. The monoisotopic (exact) mass is 495 g/mol. The Morgan fingerprint density at radius 3 is 2.57 bits per heavy atom. The molecule has 0 amide bonds. The van der Waals surface area contributed by atoms with Crippen molar-refractivity contribution in [2.45, 2.75) is 78.3 Å². The number of methoxy groups -OCH3 is 2. The first-order chi connectivity index (χ1) is 16.9. The van der Waals surface area contributed by atoms with E-state index in [4.69, 9.17) is 9.47 Å². The number of thiophene rings is 1. The SMILES string of the molecule is CCC1CCCC(NCc2cc3c(s2)C(c2ccc(OC)c(OC)c2)=CC(C(C)C)CC3=O)CC1. The number of carbonyl (C=O) groups excluding carboxylic acids is 1. The zero-order chi connectivity index (χ0) is 24.9. The number of benzene rings is 1. The van der Waals surface area contributed by atoms with E-state index in [1.807, 2.05) is 12.1 Å². The average Bonchev–Trinajstić information content (AvgIpc) is 3.07. The van der Waals surface area contributed by atoms with E-state index in [1.54, 1.807) is 25.6 Å². The minimum Gasteiger partial charge on any atom is -0.493 e. The van der Waals surface area contributed by atoms with E-state index < -0.39 is 0 Å². The van der Waals surface area contributed by atoms with Gasteiger partial charge in [0.25, 0.3) is 0 Å². The van der Waals surface area contributed by atoms with Crippen LogP contribution < -0.4 is 14.8 Å². The molecule has 2 aliphatic carbocycles. The molecule has 4 nitrogen and oxygen atoms in total. The normalized spacial score (nSPS) is 22.9. The molecule has 35 heavy (non-hydrogen) atoms. The molecule has 2 aliphatic rings.